The first-order valence-corrected chi connectivity index (χ1v) is 20.9. The van der Waals surface area contributed by atoms with Crippen LogP contribution in [-0.4, -0.2) is 4.57 Å². The van der Waals surface area contributed by atoms with Crippen molar-refractivity contribution < 1.29 is 0 Å². The predicted molar refractivity (Wildman–Crippen MR) is 255 cm³/mol. The molecule has 59 heavy (non-hydrogen) atoms. The molecule has 0 bridgehead atoms. The van der Waals surface area contributed by atoms with Crippen LogP contribution in [0.2, 0.25) is 0 Å². The molecule has 11 rings (SSSR count). The number of aromatic nitrogens is 1. The topological polar surface area (TPSA) is 8.17 Å². The molecule has 0 saturated heterocycles. The zero-order valence-electron chi connectivity index (χ0n) is 32.2. The van der Waals surface area contributed by atoms with E-state index in [4.69, 9.17) is 0 Å². The van der Waals surface area contributed by atoms with Crippen molar-refractivity contribution in [2.45, 2.75) is 0 Å². The van der Waals surface area contributed by atoms with Gasteiger partial charge in [0.05, 0.1) is 11.2 Å². The molecule has 278 valence electrons. The number of para-hydroxylation sites is 2. The summed E-state index contributed by atoms with van der Waals surface area (Å²) < 4.78 is 5.06. The summed E-state index contributed by atoms with van der Waals surface area (Å²) >= 11 is 1.85. The van der Waals surface area contributed by atoms with E-state index in [-0.39, 0.29) is 0 Å². The molecule has 0 radical (unpaired) electrons. The minimum absolute atomic E-state index is 1.11. The molecular formula is C56H38N2S. The number of hydrogen-bond donors (Lipinski definition) is 0. The Morgan fingerprint density at radius 1 is 0.407 bits per heavy atom. The van der Waals surface area contributed by atoms with E-state index in [9.17, 15) is 0 Å². The van der Waals surface area contributed by atoms with Gasteiger partial charge in [-0.3, -0.25) is 0 Å². The van der Waals surface area contributed by atoms with Gasteiger partial charge in [-0.25, -0.2) is 0 Å². The van der Waals surface area contributed by atoms with Crippen molar-refractivity contribution in [2.75, 3.05) is 4.90 Å². The lowest BCUT2D eigenvalue weighted by molar-refractivity contribution is 1.13. The van der Waals surface area contributed by atoms with Gasteiger partial charge in [-0.15, -0.1) is 11.3 Å². The molecular weight excluding hydrogens is 733 g/mol. The SMILES string of the molecule is C(=Cc1cccc2c(-c3ccccc3)c(-c3ccccc3)n(-c3ccccc3)c12)c1ccc(N(c2ccc3ccccc3c2)c2ccc3sc4ccccc4c3c2)cc1. The molecule has 2 heterocycles. The quantitative estimate of drug-likeness (QED) is 0.140. The number of anilines is 3. The molecule has 0 fully saturated rings. The third-order valence-electron chi connectivity index (χ3n) is 11.4. The Morgan fingerprint density at radius 3 is 1.81 bits per heavy atom. The van der Waals surface area contributed by atoms with Gasteiger partial charge >= 0.3 is 0 Å². The normalized spacial score (nSPS) is 11.7. The van der Waals surface area contributed by atoms with Crippen molar-refractivity contribution >= 4 is 82.4 Å². The summed E-state index contributed by atoms with van der Waals surface area (Å²) in [5.41, 5.74) is 12.8. The van der Waals surface area contributed by atoms with Crippen molar-refractivity contribution in [1.29, 1.82) is 0 Å². The van der Waals surface area contributed by atoms with E-state index in [1.54, 1.807) is 0 Å². The van der Waals surface area contributed by atoms with Gasteiger partial charge in [-0.2, -0.15) is 0 Å². The van der Waals surface area contributed by atoms with Crippen molar-refractivity contribution in [3.05, 3.63) is 230 Å². The Kier molecular flexibility index (Phi) is 8.72. The fourth-order valence-electron chi connectivity index (χ4n) is 8.64. The van der Waals surface area contributed by atoms with E-state index in [2.05, 4.69) is 240 Å². The molecule has 0 aliphatic rings. The van der Waals surface area contributed by atoms with Crippen molar-refractivity contribution in [2.24, 2.45) is 0 Å². The Hall–Kier alpha value is -7.46. The molecule has 0 N–H and O–H groups in total. The number of nitrogens with zero attached hydrogens (tertiary/aromatic N) is 2. The minimum atomic E-state index is 1.11. The second kappa shape index (κ2) is 14.8. The molecule has 0 aliphatic carbocycles. The first-order chi connectivity index (χ1) is 29.3. The summed E-state index contributed by atoms with van der Waals surface area (Å²) in [4.78, 5) is 2.38. The van der Waals surface area contributed by atoms with Gasteiger partial charge in [0.2, 0.25) is 0 Å². The summed E-state index contributed by atoms with van der Waals surface area (Å²) in [5.74, 6) is 0. The van der Waals surface area contributed by atoms with E-state index in [0.29, 0.717) is 0 Å². The number of thiophene rings is 1. The van der Waals surface area contributed by atoms with Crippen LogP contribution in [0.25, 0.3) is 82.1 Å². The number of benzene rings is 9. The number of fused-ring (bicyclic) bond motifs is 5. The predicted octanol–water partition coefficient (Wildman–Crippen LogP) is 16.1. The Morgan fingerprint density at radius 2 is 1.02 bits per heavy atom. The lowest BCUT2D eigenvalue weighted by atomic mass is 9.97. The zero-order valence-corrected chi connectivity index (χ0v) is 33.1. The molecule has 2 nitrogen and oxygen atoms in total. The molecule has 0 saturated carbocycles. The molecule has 0 amide bonds. The van der Waals surface area contributed by atoms with Gasteiger partial charge in [0.25, 0.3) is 0 Å². The van der Waals surface area contributed by atoms with Crippen LogP contribution >= 0.6 is 11.3 Å². The third-order valence-corrected chi connectivity index (χ3v) is 12.5. The summed E-state index contributed by atoms with van der Waals surface area (Å²) in [6, 6.07) is 79.0. The maximum Gasteiger partial charge on any atom is 0.0619 e. The van der Waals surface area contributed by atoms with E-state index in [0.717, 1.165) is 33.9 Å². The maximum absolute atomic E-state index is 2.45. The van der Waals surface area contributed by atoms with Crippen LogP contribution in [0.1, 0.15) is 11.1 Å². The molecule has 0 atom stereocenters. The fourth-order valence-corrected chi connectivity index (χ4v) is 9.72. The van der Waals surface area contributed by atoms with Crippen LogP contribution in [0.3, 0.4) is 0 Å². The Bertz CT molecular complexity index is 3300. The molecule has 11 aromatic rings. The van der Waals surface area contributed by atoms with E-state index < -0.39 is 0 Å². The largest absolute Gasteiger partial charge is 0.310 e. The Balaban J connectivity index is 1.03. The number of rotatable bonds is 8. The smallest absolute Gasteiger partial charge is 0.0619 e. The molecule has 0 spiro atoms. The van der Waals surface area contributed by atoms with Crippen LogP contribution in [0.4, 0.5) is 17.1 Å². The summed E-state index contributed by atoms with van der Waals surface area (Å²) in [7, 11) is 0. The minimum Gasteiger partial charge on any atom is -0.310 e. The lowest BCUT2D eigenvalue weighted by Gasteiger charge is -2.26. The first-order valence-electron chi connectivity index (χ1n) is 20.1. The highest BCUT2D eigenvalue weighted by molar-refractivity contribution is 7.25. The van der Waals surface area contributed by atoms with E-state index in [1.807, 2.05) is 11.3 Å². The summed E-state index contributed by atoms with van der Waals surface area (Å²) in [5, 5.41) is 6.26. The van der Waals surface area contributed by atoms with Gasteiger partial charge in [-0.1, -0.05) is 170 Å². The maximum atomic E-state index is 2.45. The molecule has 9 aromatic carbocycles. The van der Waals surface area contributed by atoms with Crippen molar-refractivity contribution in [3.8, 4) is 28.1 Å². The Labute approximate surface area is 347 Å². The van der Waals surface area contributed by atoms with Gasteiger partial charge in [0.15, 0.2) is 0 Å². The summed E-state index contributed by atoms with van der Waals surface area (Å²) in [6.07, 6.45) is 4.52. The van der Waals surface area contributed by atoms with Gasteiger partial charge in [-0.05, 0) is 93.7 Å². The molecule has 0 unspecified atom stereocenters. The van der Waals surface area contributed by atoms with Gasteiger partial charge in [0, 0.05) is 53.9 Å². The number of hydrogen-bond acceptors (Lipinski definition) is 2. The molecule has 2 aromatic heterocycles. The zero-order chi connectivity index (χ0) is 39.1. The highest BCUT2D eigenvalue weighted by Gasteiger charge is 2.23. The van der Waals surface area contributed by atoms with E-state index in [1.165, 1.54) is 64.2 Å². The van der Waals surface area contributed by atoms with Crippen LogP contribution in [0.5, 0.6) is 0 Å². The van der Waals surface area contributed by atoms with Crippen molar-refractivity contribution in [3.63, 3.8) is 0 Å². The second-order valence-electron chi connectivity index (χ2n) is 14.9. The highest BCUT2D eigenvalue weighted by atomic mass is 32.1. The monoisotopic (exact) mass is 770 g/mol. The van der Waals surface area contributed by atoms with Crippen LogP contribution in [-0.2, 0) is 0 Å². The van der Waals surface area contributed by atoms with Crippen LogP contribution < -0.4 is 4.90 Å². The lowest BCUT2D eigenvalue weighted by Crippen LogP contribution is -2.09. The first kappa shape index (κ1) is 34.8. The van der Waals surface area contributed by atoms with E-state index >= 15 is 0 Å². The van der Waals surface area contributed by atoms with Crippen LogP contribution in [0, 0.1) is 0 Å². The highest BCUT2D eigenvalue weighted by Crippen LogP contribution is 2.45. The molecule has 3 heteroatoms. The average Bonchev–Trinajstić information content (AvgIpc) is 3.86. The average molecular weight is 771 g/mol. The van der Waals surface area contributed by atoms with Crippen LogP contribution in [0.15, 0.2) is 218 Å². The van der Waals surface area contributed by atoms with Gasteiger partial charge < -0.3 is 9.47 Å². The van der Waals surface area contributed by atoms with Gasteiger partial charge in [0.1, 0.15) is 0 Å². The fraction of sp³-hybridized carbons (Fsp3) is 0. The van der Waals surface area contributed by atoms with Crippen molar-refractivity contribution in [1.82, 2.24) is 4.57 Å². The standard InChI is InChI=1S/C56H38N2S/c1-4-16-41(17-5-1)54-50-25-14-21-43(55(50)58(45-22-8-3-9-23-45)56(54)42-18-6-2-7-19-42)30-27-39-28-32-46(33-29-39)57(47-34-31-40-15-10-11-20-44(40)37-47)48-35-36-53-51(38-48)49-24-12-13-26-52(49)59-53/h1-38H. The molecule has 0 aliphatic heterocycles. The summed E-state index contributed by atoms with van der Waals surface area (Å²) in [6.45, 7) is 0. The second-order valence-corrected chi connectivity index (χ2v) is 16.0. The third kappa shape index (κ3) is 6.29.